The van der Waals surface area contributed by atoms with E-state index >= 15 is 0 Å². The number of halogens is 1. The van der Waals surface area contributed by atoms with Gasteiger partial charge in [-0.15, -0.1) is 0 Å². The molecule has 26 heavy (non-hydrogen) atoms. The summed E-state index contributed by atoms with van der Waals surface area (Å²) in [6.45, 7) is 2.64. The normalized spacial score (nSPS) is 15.5. The Balaban J connectivity index is 1.64. The number of amides is 2. The summed E-state index contributed by atoms with van der Waals surface area (Å²) in [7, 11) is 1.66. The zero-order chi connectivity index (χ0) is 18.4. The summed E-state index contributed by atoms with van der Waals surface area (Å²) in [6.07, 6.45) is 2.39. The van der Waals surface area contributed by atoms with E-state index in [1.165, 1.54) is 18.4 Å². The van der Waals surface area contributed by atoms with Crippen LogP contribution < -0.4 is 15.4 Å². The van der Waals surface area contributed by atoms with E-state index in [2.05, 4.69) is 27.7 Å². The second kappa shape index (κ2) is 8.92. The van der Waals surface area contributed by atoms with Crippen molar-refractivity contribution in [2.45, 2.75) is 18.9 Å². The molecule has 0 saturated carbocycles. The number of nitrogens with one attached hydrogen (secondary N) is 2. The first-order chi connectivity index (χ1) is 12.7. The van der Waals surface area contributed by atoms with Crippen molar-refractivity contribution in [3.05, 3.63) is 59.1 Å². The van der Waals surface area contributed by atoms with Gasteiger partial charge in [0.05, 0.1) is 13.2 Å². The van der Waals surface area contributed by atoms with Crippen molar-refractivity contribution in [1.82, 2.24) is 10.2 Å². The number of hydrogen-bond donors (Lipinski definition) is 2. The molecule has 2 aromatic rings. The molecule has 1 saturated heterocycles. The second-order valence-corrected chi connectivity index (χ2v) is 6.81. The highest BCUT2D eigenvalue weighted by Gasteiger charge is 2.24. The first-order valence-corrected chi connectivity index (χ1v) is 9.22. The van der Waals surface area contributed by atoms with Crippen LogP contribution >= 0.6 is 11.6 Å². The molecule has 138 valence electrons. The Morgan fingerprint density at radius 3 is 2.58 bits per heavy atom. The molecule has 2 N–H and O–H groups in total. The largest absolute Gasteiger partial charge is 0.497 e. The van der Waals surface area contributed by atoms with Crippen molar-refractivity contribution in [1.29, 1.82) is 0 Å². The van der Waals surface area contributed by atoms with Gasteiger partial charge in [-0.05, 0) is 61.8 Å². The fourth-order valence-electron chi connectivity index (χ4n) is 3.27. The monoisotopic (exact) mass is 373 g/mol. The summed E-state index contributed by atoms with van der Waals surface area (Å²) in [5, 5.41) is 6.41. The lowest BCUT2D eigenvalue weighted by molar-refractivity contribution is 0.227. The lowest BCUT2D eigenvalue weighted by Crippen LogP contribution is -2.38. The molecule has 1 aliphatic rings. The van der Waals surface area contributed by atoms with Crippen LogP contribution in [-0.4, -0.2) is 37.7 Å². The van der Waals surface area contributed by atoms with Crippen LogP contribution in [0, 0.1) is 0 Å². The third kappa shape index (κ3) is 4.90. The Hall–Kier alpha value is -2.24. The Morgan fingerprint density at radius 2 is 1.92 bits per heavy atom. The molecule has 6 heteroatoms. The molecule has 2 amide bonds. The number of carbonyl (C=O) groups excluding carboxylic acids is 1. The molecule has 2 aromatic carbocycles. The van der Waals surface area contributed by atoms with E-state index in [9.17, 15) is 4.79 Å². The van der Waals surface area contributed by atoms with Gasteiger partial charge in [0.15, 0.2) is 0 Å². The van der Waals surface area contributed by atoms with Crippen LogP contribution in [0.5, 0.6) is 5.75 Å². The average molecular weight is 374 g/mol. The summed E-state index contributed by atoms with van der Waals surface area (Å²) in [6, 6.07) is 15.1. The van der Waals surface area contributed by atoms with Gasteiger partial charge >= 0.3 is 6.03 Å². The van der Waals surface area contributed by atoms with Crippen molar-refractivity contribution < 1.29 is 9.53 Å². The number of nitrogens with zero attached hydrogens (tertiary/aromatic N) is 1. The maximum atomic E-state index is 12.3. The van der Waals surface area contributed by atoms with Gasteiger partial charge in [-0.3, -0.25) is 4.90 Å². The third-order valence-electron chi connectivity index (χ3n) is 4.62. The maximum Gasteiger partial charge on any atom is 0.319 e. The highest BCUT2D eigenvalue weighted by molar-refractivity contribution is 6.30. The number of methoxy groups -OCH3 is 1. The van der Waals surface area contributed by atoms with Gasteiger partial charge in [0.2, 0.25) is 0 Å². The number of anilines is 1. The van der Waals surface area contributed by atoms with Crippen LogP contribution in [0.1, 0.15) is 24.4 Å². The van der Waals surface area contributed by atoms with Gasteiger partial charge in [0.1, 0.15) is 5.75 Å². The van der Waals surface area contributed by atoms with Gasteiger partial charge in [0.25, 0.3) is 0 Å². The number of carbonyl (C=O) groups is 1. The molecule has 0 spiro atoms. The average Bonchev–Trinajstić information content (AvgIpc) is 3.17. The lowest BCUT2D eigenvalue weighted by Gasteiger charge is -2.28. The smallest absolute Gasteiger partial charge is 0.319 e. The van der Waals surface area contributed by atoms with Crippen LogP contribution in [0.15, 0.2) is 48.5 Å². The fourth-order valence-corrected chi connectivity index (χ4v) is 3.46. The molecule has 3 rings (SSSR count). The zero-order valence-electron chi connectivity index (χ0n) is 14.9. The minimum Gasteiger partial charge on any atom is -0.497 e. The van der Waals surface area contributed by atoms with Crippen molar-refractivity contribution >= 4 is 23.3 Å². The third-order valence-corrected chi connectivity index (χ3v) is 4.86. The maximum absolute atomic E-state index is 12.3. The van der Waals surface area contributed by atoms with E-state index < -0.39 is 0 Å². The van der Waals surface area contributed by atoms with Crippen molar-refractivity contribution in [3.8, 4) is 5.75 Å². The summed E-state index contributed by atoms with van der Waals surface area (Å²) >= 11 is 5.96. The van der Waals surface area contributed by atoms with Crippen molar-refractivity contribution in [2.24, 2.45) is 0 Å². The summed E-state index contributed by atoms with van der Waals surface area (Å²) in [5.41, 5.74) is 1.85. The number of likely N-dealkylation sites (tertiary alicyclic amines) is 1. The molecular formula is C20H24ClN3O2. The molecule has 0 bridgehead atoms. The molecule has 1 atom stereocenters. The van der Waals surface area contributed by atoms with Gasteiger partial charge in [-0.25, -0.2) is 4.79 Å². The Labute approximate surface area is 159 Å². The fraction of sp³-hybridized carbons (Fsp3) is 0.350. The van der Waals surface area contributed by atoms with Crippen LogP contribution in [-0.2, 0) is 0 Å². The molecular weight excluding hydrogens is 350 g/mol. The van der Waals surface area contributed by atoms with Crippen LogP contribution in [0.4, 0.5) is 10.5 Å². The summed E-state index contributed by atoms with van der Waals surface area (Å²) < 4.78 is 5.24. The van der Waals surface area contributed by atoms with Gasteiger partial charge in [-0.2, -0.15) is 0 Å². The van der Waals surface area contributed by atoms with E-state index in [0.29, 0.717) is 17.3 Å². The Kier molecular flexibility index (Phi) is 6.36. The Bertz CT molecular complexity index is 730. The number of hydrogen-bond acceptors (Lipinski definition) is 3. The Morgan fingerprint density at radius 1 is 1.19 bits per heavy atom. The van der Waals surface area contributed by atoms with Crippen LogP contribution in [0.25, 0.3) is 0 Å². The SMILES string of the molecule is COc1ccc(C(CNC(=O)Nc2cccc(Cl)c2)N2CCCC2)cc1. The molecule has 5 nitrogen and oxygen atoms in total. The number of urea groups is 1. The molecule has 1 aliphatic heterocycles. The topological polar surface area (TPSA) is 53.6 Å². The molecule has 1 fully saturated rings. The first kappa shape index (κ1) is 18.5. The number of benzene rings is 2. The van der Waals surface area contributed by atoms with Crippen molar-refractivity contribution in [2.75, 3.05) is 32.1 Å². The van der Waals surface area contributed by atoms with Gasteiger partial charge in [0, 0.05) is 17.3 Å². The quantitative estimate of drug-likeness (QED) is 0.793. The molecule has 0 aliphatic carbocycles. The predicted octanol–water partition coefficient (Wildman–Crippen LogP) is 4.31. The summed E-state index contributed by atoms with van der Waals surface area (Å²) in [4.78, 5) is 14.7. The molecule has 0 radical (unpaired) electrons. The molecule has 1 unspecified atom stereocenters. The zero-order valence-corrected chi connectivity index (χ0v) is 15.6. The molecule has 1 heterocycles. The standard InChI is InChI=1S/C20H24ClN3O2/c1-26-18-9-7-15(8-10-18)19(24-11-2-3-12-24)14-22-20(25)23-17-6-4-5-16(21)13-17/h4-10,13,19H,2-3,11-12,14H2,1H3,(H2,22,23,25). The van der Waals surface area contributed by atoms with E-state index in [-0.39, 0.29) is 12.1 Å². The van der Waals surface area contributed by atoms with E-state index in [1.807, 2.05) is 24.3 Å². The minimum absolute atomic E-state index is 0.147. The lowest BCUT2D eigenvalue weighted by atomic mass is 10.1. The van der Waals surface area contributed by atoms with Crippen LogP contribution in [0.2, 0.25) is 5.02 Å². The van der Waals surface area contributed by atoms with E-state index in [4.69, 9.17) is 16.3 Å². The van der Waals surface area contributed by atoms with E-state index in [1.54, 1.807) is 19.2 Å². The van der Waals surface area contributed by atoms with Gasteiger partial charge < -0.3 is 15.4 Å². The minimum atomic E-state index is -0.232. The number of rotatable bonds is 6. The highest BCUT2D eigenvalue weighted by Crippen LogP contribution is 2.26. The summed E-state index contributed by atoms with van der Waals surface area (Å²) in [5.74, 6) is 0.834. The van der Waals surface area contributed by atoms with E-state index in [0.717, 1.165) is 18.8 Å². The van der Waals surface area contributed by atoms with Gasteiger partial charge in [-0.1, -0.05) is 29.8 Å². The highest BCUT2D eigenvalue weighted by atomic mass is 35.5. The first-order valence-electron chi connectivity index (χ1n) is 8.84. The van der Waals surface area contributed by atoms with Crippen molar-refractivity contribution in [3.63, 3.8) is 0 Å². The predicted molar refractivity (Wildman–Crippen MR) is 105 cm³/mol. The second-order valence-electron chi connectivity index (χ2n) is 6.38. The molecule has 0 aromatic heterocycles. The number of ether oxygens (including phenoxy) is 1. The van der Waals surface area contributed by atoms with Crippen LogP contribution in [0.3, 0.4) is 0 Å².